The molecule has 2 heterocycles. The highest BCUT2D eigenvalue weighted by Gasteiger charge is 2.12. The summed E-state index contributed by atoms with van der Waals surface area (Å²) in [5, 5.41) is 10.2. The molecule has 2 aromatic heterocycles. The summed E-state index contributed by atoms with van der Waals surface area (Å²) in [6.07, 6.45) is 4.84. The highest BCUT2D eigenvalue weighted by molar-refractivity contribution is 6.21. The van der Waals surface area contributed by atoms with Gasteiger partial charge >= 0.3 is 5.97 Å². The zero-order valence-electron chi connectivity index (χ0n) is 10.9. The van der Waals surface area contributed by atoms with Gasteiger partial charge in [-0.05, 0) is 35.9 Å². The molecule has 0 atom stereocenters. The van der Waals surface area contributed by atoms with Crippen LogP contribution in [0.15, 0.2) is 48.8 Å². The van der Waals surface area contributed by atoms with Crippen molar-refractivity contribution in [2.75, 3.05) is 0 Å². The Labute approximate surface area is 119 Å². The van der Waals surface area contributed by atoms with Gasteiger partial charge in [0.15, 0.2) is 0 Å². The van der Waals surface area contributed by atoms with Crippen molar-refractivity contribution >= 4 is 28.7 Å². The largest absolute Gasteiger partial charge is 0.478 e. The van der Waals surface area contributed by atoms with Crippen molar-refractivity contribution in [2.45, 2.75) is 0 Å². The SMILES string of the molecule is O=C(O)C(=Cc1c[nH]c2ncccc12)c1cccc(F)c1. The van der Waals surface area contributed by atoms with Crippen LogP contribution >= 0.6 is 0 Å². The van der Waals surface area contributed by atoms with Gasteiger partial charge in [-0.15, -0.1) is 0 Å². The molecule has 0 spiro atoms. The van der Waals surface area contributed by atoms with E-state index in [4.69, 9.17) is 0 Å². The molecule has 0 unspecified atom stereocenters. The molecular weight excluding hydrogens is 271 g/mol. The Hall–Kier alpha value is -2.95. The lowest BCUT2D eigenvalue weighted by molar-refractivity contribution is -0.130. The van der Waals surface area contributed by atoms with E-state index in [9.17, 15) is 14.3 Å². The number of nitrogens with zero attached hydrogens (tertiary/aromatic N) is 1. The Kier molecular flexibility index (Phi) is 3.23. The molecule has 3 aromatic rings. The number of carboxylic acid groups (broad SMARTS) is 1. The number of halogens is 1. The number of carboxylic acids is 1. The van der Waals surface area contributed by atoms with E-state index in [1.807, 2.05) is 6.07 Å². The standard InChI is InChI=1S/C16H11FN2O2/c17-12-4-1-3-10(7-12)14(16(20)21)8-11-9-19-15-13(11)5-2-6-18-15/h1-9H,(H,18,19)(H,20,21). The number of nitrogens with one attached hydrogen (secondary N) is 1. The van der Waals surface area contributed by atoms with Crippen LogP contribution in [0.4, 0.5) is 4.39 Å². The van der Waals surface area contributed by atoms with Crippen LogP contribution in [-0.2, 0) is 4.79 Å². The fraction of sp³-hybridized carbons (Fsp3) is 0. The number of benzene rings is 1. The van der Waals surface area contributed by atoms with E-state index in [1.165, 1.54) is 24.3 Å². The quantitative estimate of drug-likeness (QED) is 0.724. The number of fused-ring (bicyclic) bond motifs is 1. The highest BCUT2D eigenvalue weighted by Crippen LogP contribution is 2.23. The maximum Gasteiger partial charge on any atom is 0.336 e. The van der Waals surface area contributed by atoms with Crippen LogP contribution in [0, 0.1) is 5.82 Å². The molecule has 0 aliphatic rings. The summed E-state index contributed by atoms with van der Waals surface area (Å²) >= 11 is 0. The van der Waals surface area contributed by atoms with Gasteiger partial charge in [-0.2, -0.15) is 0 Å². The summed E-state index contributed by atoms with van der Waals surface area (Å²) in [6, 6.07) is 9.14. The predicted octanol–water partition coefficient (Wildman–Crippen LogP) is 3.33. The van der Waals surface area contributed by atoms with E-state index < -0.39 is 11.8 Å². The van der Waals surface area contributed by atoms with Crippen molar-refractivity contribution < 1.29 is 14.3 Å². The Balaban J connectivity index is 2.15. The molecule has 0 radical (unpaired) electrons. The first-order valence-electron chi connectivity index (χ1n) is 6.28. The van der Waals surface area contributed by atoms with Gasteiger partial charge in [0, 0.05) is 23.3 Å². The fourth-order valence-corrected chi connectivity index (χ4v) is 2.18. The van der Waals surface area contributed by atoms with Gasteiger partial charge in [0.05, 0.1) is 5.57 Å². The average molecular weight is 282 g/mol. The van der Waals surface area contributed by atoms with Gasteiger partial charge in [0.25, 0.3) is 0 Å². The molecule has 2 N–H and O–H groups in total. The highest BCUT2D eigenvalue weighted by atomic mass is 19.1. The van der Waals surface area contributed by atoms with Crippen molar-refractivity contribution in [1.82, 2.24) is 9.97 Å². The number of carbonyl (C=O) groups is 1. The number of rotatable bonds is 3. The molecule has 0 bridgehead atoms. The summed E-state index contributed by atoms with van der Waals surface area (Å²) in [6.45, 7) is 0. The van der Waals surface area contributed by atoms with Crippen molar-refractivity contribution in [3.8, 4) is 0 Å². The van der Waals surface area contributed by atoms with Crippen molar-refractivity contribution in [1.29, 1.82) is 0 Å². The fourth-order valence-electron chi connectivity index (χ4n) is 2.18. The normalized spacial score (nSPS) is 11.8. The monoisotopic (exact) mass is 282 g/mol. The Morgan fingerprint density at radius 1 is 1.29 bits per heavy atom. The van der Waals surface area contributed by atoms with Gasteiger partial charge in [0.2, 0.25) is 0 Å². The van der Waals surface area contributed by atoms with Gasteiger partial charge in [-0.1, -0.05) is 12.1 Å². The molecule has 3 rings (SSSR count). The van der Waals surface area contributed by atoms with Crippen LogP contribution in [0.2, 0.25) is 0 Å². The summed E-state index contributed by atoms with van der Waals surface area (Å²) in [4.78, 5) is 18.6. The molecule has 21 heavy (non-hydrogen) atoms. The molecule has 0 aliphatic heterocycles. The lowest BCUT2D eigenvalue weighted by Crippen LogP contribution is -1.99. The Bertz CT molecular complexity index is 852. The van der Waals surface area contributed by atoms with Crippen molar-refractivity contribution in [3.63, 3.8) is 0 Å². The smallest absolute Gasteiger partial charge is 0.336 e. The summed E-state index contributed by atoms with van der Waals surface area (Å²) in [7, 11) is 0. The second-order valence-corrected chi connectivity index (χ2v) is 4.52. The minimum atomic E-state index is -1.11. The number of aromatic amines is 1. The van der Waals surface area contributed by atoms with Crippen molar-refractivity contribution in [3.05, 3.63) is 65.7 Å². The van der Waals surface area contributed by atoms with Crippen LogP contribution in [0.25, 0.3) is 22.7 Å². The third-order valence-electron chi connectivity index (χ3n) is 3.15. The minimum Gasteiger partial charge on any atom is -0.478 e. The number of aliphatic carboxylic acids is 1. The third kappa shape index (κ3) is 2.53. The zero-order valence-corrected chi connectivity index (χ0v) is 10.9. The third-order valence-corrected chi connectivity index (χ3v) is 3.15. The molecule has 0 amide bonds. The van der Waals surface area contributed by atoms with E-state index in [1.54, 1.807) is 24.5 Å². The van der Waals surface area contributed by atoms with Crippen LogP contribution in [0.1, 0.15) is 11.1 Å². The molecule has 5 heteroatoms. The Morgan fingerprint density at radius 2 is 2.14 bits per heavy atom. The van der Waals surface area contributed by atoms with Gasteiger partial charge in [-0.25, -0.2) is 14.2 Å². The lowest BCUT2D eigenvalue weighted by atomic mass is 10.0. The number of aromatic nitrogens is 2. The predicted molar refractivity (Wildman–Crippen MR) is 78.0 cm³/mol. The van der Waals surface area contributed by atoms with Crippen molar-refractivity contribution in [2.24, 2.45) is 0 Å². The van der Waals surface area contributed by atoms with E-state index >= 15 is 0 Å². The molecule has 0 aliphatic carbocycles. The van der Waals surface area contributed by atoms with Crippen LogP contribution < -0.4 is 0 Å². The van der Waals surface area contributed by atoms with Gasteiger partial charge in [0.1, 0.15) is 11.5 Å². The first kappa shape index (κ1) is 13.1. The molecular formula is C16H11FN2O2. The average Bonchev–Trinajstić information content (AvgIpc) is 2.87. The summed E-state index contributed by atoms with van der Waals surface area (Å²) in [5.41, 5.74) is 1.72. The summed E-state index contributed by atoms with van der Waals surface area (Å²) < 4.78 is 13.3. The molecule has 0 saturated heterocycles. The molecule has 104 valence electrons. The number of hydrogen-bond acceptors (Lipinski definition) is 2. The lowest BCUT2D eigenvalue weighted by Gasteiger charge is -2.03. The van der Waals surface area contributed by atoms with Gasteiger partial charge < -0.3 is 10.1 Å². The molecule has 0 fully saturated rings. The topological polar surface area (TPSA) is 66.0 Å². The second-order valence-electron chi connectivity index (χ2n) is 4.52. The maximum atomic E-state index is 13.3. The molecule has 1 aromatic carbocycles. The summed E-state index contributed by atoms with van der Waals surface area (Å²) in [5.74, 6) is -1.58. The molecule has 4 nitrogen and oxygen atoms in total. The Morgan fingerprint density at radius 3 is 2.90 bits per heavy atom. The van der Waals surface area contributed by atoms with E-state index in [-0.39, 0.29) is 5.57 Å². The minimum absolute atomic E-state index is 0.0271. The first-order chi connectivity index (χ1) is 10.1. The number of H-pyrrole nitrogens is 1. The van der Waals surface area contributed by atoms with E-state index in [0.29, 0.717) is 16.8 Å². The van der Waals surface area contributed by atoms with Gasteiger partial charge in [-0.3, -0.25) is 0 Å². The number of pyridine rings is 1. The number of hydrogen-bond donors (Lipinski definition) is 2. The van der Waals surface area contributed by atoms with E-state index in [0.717, 1.165) is 5.39 Å². The van der Waals surface area contributed by atoms with Crippen LogP contribution in [0.5, 0.6) is 0 Å². The van der Waals surface area contributed by atoms with Crippen LogP contribution in [0.3, 0.4) is 0 Å². The first-order valence-corrected chi connectivity index (χ1v) is 6.28. The van der Waals surface area contributed by atoms with Crippen LogP contribution in [-0.4, -0.2) is 21.0 Å². The van der Waals surface area contributed by atoms with E-state index in [2.05, 4.69) is 9.97 Å². The maximum absolute atomic E-state index is 13.3. The molecule has 0 saturated carbocycles. The zero-order chi connectivity index (χ0) is 14.8. The second kappa shape index (κ2) is 5.20.